The molecule has 1 heterocycles. The van der Waals surface area contributed by atoms with Crippen molar-refractivity contribution in [2.24, 2.45) is 5.73 Å². The molecular weight excluding hydrogens is 254 g/mol. The minimum atomic E-state index is -0.120. The molecule has 2 N–H and O–H groups in total. The third-order valence-corrected chi connectivity index (χ3v) is 2.96. The molecule has 0 amide bonds. The zero-order valence-electron chi connectivity index (χ0n) is 11.7. The average molecular weight is 273 g/mol. The summed E-state index contributed by atoms with van der Waals surface area (Å²) in [6.45, 7) is 2.62. The van der Waals surface area contributed by atoms with Gasteiger partial charge in [-0.05, 0) is 24.6 Å². The van der Waals surface area contributed by atoms with Gasteiger partial charge in [0.15, 0.2) is 0 Å². The maximum absolute atomic E-state index is 6.20. The van der Waals surface area contributed by atoms with E-state index in [2.05, 4.69) is 9.97 Å². The van der Waals surface area contributed by atoms with Gasteiger partial charge in [-0.3, -0.25) is 0 Å². The molecule has 5 heteroatoms. The van der Waals surface area contributed by atoms with E-state index in [4.69, 9.17) is 15.2 Å². The third-order valence-electron chi connectivity index (χ3n) is 2.96. The van der Waals surface area contributed by atoms with Gasteiger partial charge >= 0.3 is 0 Å². The molecule has 0 bridgehead atoms. The standard InChI is InChI=1S/C15H19N3O2/c1-3-20-13-6-4-11(5-7-13)14(16)8-12-9-15(19-2)18-10-17-12/h4-7,9-10,14H,3,8,16H2,1-2H3. The minimum Gasteiger partial charge on any atom is -0.494 e. The molecule has 2 rings (SSSR count). The van der Waals surface area contributed by atoms with Gasteiger partial charge in [0.1, 0.15) is 12.1 Å². The Balaban J connectivity index is 2.05. The molecule has 20 heavy (non-hydrogen) atoms. The summed E-state index contributed by atoms with van der Waals surface area (Å²) in [7, 11) is 1.58. The Morgan fingerprint density at radius 3 is 2.60 bits per heavy atom. The Kier molecular flexibility index (Phi) is 4.90. The van der Waals surface area contributed by atoms with Crippen molar-refractivity contribution in [3.8, 4) is 11.6 Å². The van der Waals surface area contributed by atoms with E-state index in [1.165, 1.54) is 6.33 Å². The van der Waals surface area contributed by atoms with E-state index in [0.29, 0.717) is 18.9 Å². The second-order valence-corrected chi connectivity index (χ2v) is 4.36. The Morgan fingerprint density at radius 1 is 1.20 bits per heavy atom. The Morgan fingerprint density at radius 2 is 1.95 bits per heavy atom. The molecule has 0 aliphatic rings. The Hall–Kier alpha value is -2.14. The second kappa shape index (κ2) is 6.86. The molecule has 0 aliphatic carbocycles. The zero-order chi connectivity index (χ0) is 14.4. The number of nitrogens with zero attached hydrogens (tertiary/aromatic N) is 2. The average Bonchev–Trinajstić information content (AvgIpc) is 2.48. The topological polar surface area (TPSA) is 70.3 Å². The first-order valence-electron chi connectivity index (χ1n) is 6.56. The highest BCUT2D eigenvalue weighted by Crippen LogP contribution is 2.19. The summed E-state index contributed by atoms with van der Waals surface area (Å²) in [4.78, 5) is 8.18. The minimum absolute atomic E-state index is 0.120. The molecule has 1 aromatic carbocycles. The number of nitrogens with two attached hydrogens (primary N) is 1. The van der Waals surface area contributed by atoms with E-state index in [-0.39, 0.29) is 6.04 Å². The van der Waals surface area contributed by atoms with Crippen LogP contribution in [0.5, 0.6) is 11.6 Å². The van der Waals surface area contributed by atoms with Crippen LogP contribution in [0.3, 0.4) is 0 Å². The Labute approximate surface area is 118 Å². The van der Waals surface area contributed by atoms with Crippen molar-refractivity contribution >= 4 is 0 Å². The lowest BCUT2D eigenvalue weighted by Crippen LogP contribution is -2.14. The zero-order valence-corrected chi connectivity index (χ0v) is 11.7. The van der Waals surface area contributed by atoms with Crippen LogP contribution in [-0.4, -0.2) is 23.7 Å². The van der Waals surface area contributed by atoms with Gasteiger partial charge in [0.2, 0.25) is 5.88 Å². The van der Waals surface area contributed by atoms with E-state index in [0.717, 1.165) is 17.0 Å². The van der Waals surface area contributed by atoms with Crippen LogP contribution in [0, 0.1) is 0 Å². The highest BCUT2D eigenvalue weighted by Gasteiger charge is 2.09. The van der Waals surface area contributed by atoms with Crippen LogP contribution < -0.4 is 15.2 Å². The van der Waals surface area contributed by atoms with Gasteiger partial charge in [0.05, 0.1) is 13.7 Å². The SMILES string of the molecule is CCOc1ccc(C(N)Cc2cc(OC)ncn2)cc1. The van der Waals surface area contributed by atoms with E-state index < -0.39 is 0 Å². The number of hydrogen-bond donors (Lipinski definition) is 1. The monoisotopic (exact) mass is 273 g/mol. The third kappa shape index (κ3) is 3.68. The lowest BCUT2D eigenvalue weighted by Gasteiger charge is -2.12. The van der Waals surface area contributed by atoms with Crippen molar-refractivity contribution in [3.05, 3.63) is 47.9 Å². The molecule has 5 nitrogen and oxygen atoms in total. The first-order valence-corrected chi connectivity index (χ1v) is 6.56. The smallest absolute Gasteiger partial charge is 0.216 e. The molecule has 1 aromatic heterocycles. The lowest BCUT2D eigenvalue weighted by molar-refractivity contribution is 0.340. The Bertz CT molecular complexity index is 543. The molecule has 0 aliphatic heterocycles. The summed E-state index contributed by atoms with van der Waals surface area (Å²) in [5, 5.41) is 0. The van der Waals surface area contributed by atoms with Crippen molar-refractivity contribution in [1.29, 1.82) is 0 Å². The van der Waals surface area contributed by atoms with Gasteiger partial charge in [0.25, 0.3) is 0 Å². The molecule has 1 unspecified atom stereocenters. The fourth-order valence-electron chi connectivity index (χ4n) is 1.92. The van der Waals surface area contributed by atoms with E-state index >= 15 is 0 Å². The van der Waals surface area contributed by atoms with E-state index in [9.17, 15) is 0 Å². The normalized spacial score (nSPS) is 11.9. The number of ether oxygens (including phenoxy) is 2. The van der Waals surface area contributed by atoms with Crippen LogP contribution in [0.1, 0.15) is 24.2 Å². The highest BCUT2D eigenvalue weighted by atomic mass is 16.5. The van der Waals surface area contributed by atoms with Gasteiger partial charge in [0, 0.05) is 24.2 Å². The molecule has 2 aromatic rings. The maximum Gasteiger partial charge on any atom is 0.216 e. The lowest BCUT2D eigenvalue weighted by atomic mass is 10.0. The summed E-state index contributed by atoms with van der Waals surface area (Å²) < 4.78 is 10.5. The molecule has 0 saturated carbocycles. The van der Waals surface area contributed by atoms with Gasteiger partial charge in [-0.1, -0.05) is 12.1 Å². The molecule has 0 spiro atoms. The fourth-order valence-corrected chi connectivity index (χ4v) is 1.92. The van der Waals surface area contributed by atoms with Crippen LogP contribution in [0.2, 0.25) is 0 Å². The summed E-state index contributed by atoms with van der Waals surface area (Å²) in [6, 6.07) is 9.50. The van der Waals surface area contributed by atoms with Crippen LogP contribution in [0.25, 0.3) is 0 Å². The van der Waals surface area contributed by atoms with Gasteiger partial charge in [-0.2, -0.15) is 0 Å². The van der Waals surface area contributed by atoms with Crippen molar-refractivity contribution in [3.63, 3.8) is 0 Å². The molecule has 0 fully saturated rings. The largest absolute Gasteiger partial charge is 0.494 e. The maximum atomic E-state index is 6.20. The van der Waals surface area contributed by atoms with Crippen LogP contribution in [0.15, 0.2) is 36.7 Å². The first kappa shape index (κ1) is 14.3. The summed E-state index contributed by atoms with van der Waals surface area (Å²) in [5.41, 5.74) is 8.11. The van der Waals surface area contributed by atoms with Crippen molar-refractivity contribution < 1.29 is 9.47 Å². The van der Waals surface area contributed by atoms with Crippen molar-refractivity contribution in [1.82, 2.24) is 9.97 Å². The van der Waals surface area contributed by atoms with E-state index in [1.54, 1.807) is 13.2 Å². The van der Waals surface area contributed by atoms with Crippen LogP contribution in [0.4, 0.5) is 0 Å². The summed E-state index contributed by atoms with van der Waals surface area (Å²) >= 11 is 0. The van der Waals surface area contributed by atoms with Gasteiger partial charge in [-0.15, -0.1) is 0 Å². The summed E-state index contributed by atoms with van der Waals surface area (Å²) in [6.07, 6.45) is 2.12. The van der Waals surface area contributed by atoms with Gasteiger partial charge < -0.3 is 15.2 Å². The summed E-state index contributed by atoms with van der Waals surface area (Å²) in [5.74, 6) is 1.40. The van der Waals surface area contributed by atoms with Crippen LogP contribution >= 0.6 is 0 Å². The molecule has 0 saturated heterocycles. The molecule has 1 atom stereocenters. The number of aromatic nitrogens is 2. The fraction of sp³-hybridized carbons (Fsp3) is 0.333. The van der Waals surface area contributed by atoms with Crippen molar-refractivity contribution in [2.45, 2.75) is 19.4 Å². The highest BCUT2D eigenvalue weighted by molar-refractivity contribution is 5.30. The van der Waals surface area contributed by atoms with Crippen LogP contribution in [-0.2, 0) is 6.42 Å². The first-order chi connectivity index (χ1) is 9.72. The molecule has 0 radical (unpaired) electrons. The number of rotatable bonds is 6. The quantitative estimate of drug-likeness (QED) is 0.873. The van der Waals surface area contributed by atoms with E-state index in [1.807, 2.05) is 31.2 Å². The predicted octanol–water partition coefficient (Wildman–Crippen LogP) is 2.13. The number of hydrogen-bond acceptors (Lipinski definition) is 5. The predicted molar refractivity (Wildman–Crippen MR) is 76.8 cm³/mol. The second-order valence-electron chi connectivity index (χ2n) is 4.36. The molecular formula is C15H19N3O2. The molecule has 106 valence electrons. The number of benzene rings is 1. The van der Waals surface area contributed by atoms with Gasteiger partial charge in [-0.25, -0.2) is 9.97 Å². The van der Waals surface area contributed by atoms with Crippen molar-refractivity contribution in [2.75, 3.05) is 13.7 Å². The number of methoxy groups -OCH3 is 1.